The summed E-state index contributed by atoms with van der Waals surface area (Å²) in [6.45, 7) is 0. The fraction of sp³-hybridized carbons (Fsp3) is 0.308. The van der Waals surface area contributed by atoms with Crippen molar-refractivity contribution in [2.24, 2.45) is 0 Å². The van der Waals surface area contributed by atoms with Crippen LogP contribution in [0.1, 0.15) is 29.3 Å². The normalized spacial score (nSPS) is 18.8. The summed E-state index contributed by atoms with van der Waals surface area (Å²) in [4.78, 5) is 5.52. The van der Waals surface area contributed by atoms with Gasteiger partial charge in [0.1, 0.15) is 11.6 Å². The number of hydrogen-bond acceptors (Lipinski definition) is 3. The van der Waals surface area contributed by atoms with Crippen molar-refractivity contribution in [1.82, 2.24) is 4.98 Å². The van der Waals surface area contributed by atoms with Gasteiger partial charge in [0.25, 0.3) is 0 Å². The van der Waals surface area contributed by atoms with Crippen molar-refractivity contribution in [3.05, 3.63) is 46.0 Å². The zero-order valence-electron chi connectivity index (χ0n) is 9.32. The second-order valence-corrected chi connectivity index (χ2v) is 5.25. The Morgan fingerprint density at radius 1 is 1.35 bits per heavy atom. The maximum absolute atomic E-state index is 12.8. The lowest BCUT2D eigenvalue weighted by atomic mass is 9.94. The second kappa shape index (κ2) is 4.45. The van der Waals surface area contributed by atoms with E-state index in [0.29, 0.717) is 6.04 Å². The van der Waals surface area contributed by atoms with Crippen LogP contribution in [-0.4, -0.2) is 4.98 Å². The molecule has 3 rings (SSSR count). The van der Waals surface area contributed by atoms with E-state index < -0.39 is 0 Å². The number of aromatic nitrogens is 1. The van der Waals surface area contributed by atoms with Gasteiger partial charge in [0, 0.05) is 4.88 Å². The molecule has 88 valence electrons. The Morgan fingerprint density at radius 2 is 2.29 bits per heavy atom. The van der Waals surface area contributed by atoms with Crippen LogP contribution in [0.5, 0.6) is 0 Å². The number of nitrogens with zero attached hydrogens (tertiary/aromatic N) is 1. The van der Waals surface area contributed by atoms with Crippen LogP contribution in [0, 0.1) is 5.82 Å². The molecule has 0 radical (unpaired) electrons. The first-order valence-corrected chi connectivity index (χ1v) is 6.65. The number of hydrogen-bond donors (Lipinski definition) is 1. The van der Waals surface area contributed by atoms with Crippen molar-refractivity contribution in [3.8, 4) is 0 Å². The van der Waals surface area contributed by atoms with E-state index >= 15 is 0 Å². The molecule has 2 aromatic rings. The first-order valence-electron chi connectivity index (χ1n) is 5.77. The van der Waals surface area contributed by atoms with Gasteiger partial charge >= 0.3 is 0 Å². The molecule has 2 nitrogen and oxygen atoms in total. The van der Waals surface area contributed by atoms with Gasteiger partial charge in [-0.2, -0.15) is 0 Å². The van der Waals surface area contributed by atoms with E-state index in [4.69, 9.17) is 0 Å². The number of halogens is 1. The molecule has 1 atom stereocenters. The molecule has 1 aliphatic rings. The van der Waals surface area contributed by atoms with E-state index in [-0.39, 0.29) is 5.82 Å². The lowest BCUT2D eigenvalue weighted by Crippen LogP contribution is -2.16. The highest BCUT2D eigenvalue weighted by atomic mass is 32.1. The standard InChI is InChI=1S/C13H13FN2S/c14-9-4-5-13(15-8-9)16-11-2-1-3-12-10(11)6-7-17-12/h4-8,11H,1-3H2,(H,15,16). The largest absolute Gasteiger partial charge is 0.363 e. The molecule has 0 aromatic carbocycles. The van der Waals surface area contributed by atoms with Crippen LogP contribution in [0.25, 0.3) is 0 Å². The summed E-state index contributed by atoms with van der Waals surface area (Å²) in [5.41, 5.74) is 1.38. The molecule has 0 fully saturated rings. The SMILES string of the molecule is Fc1ccc(NC2CCCc3sccc32)nc1. The first kappa shape index (κ1) is 10.7. The number of fused-ring (bicyclic) bond motifs is 1. The summed E-state index contributed by atoms with van der Waals surface area (Å²) in [5, 5.41) is 5.52. The summed E-state index contributed by atoms with van der Waals surface area (Å²) < 4.78 is 12.8. The number of rotatable bonds is 2. The highest BCUT2D eigenvalue weighted by molar-refractivity contribution is 7.10. The molecule has 2 aromatic heterocycles. The molecule has 2 heterocycles. The highest BCUT2D eigenvalue weighted by Crippen LogP contribution is 2.35. The number of pyridine rings is 1. The Hall–Kier alpha value is -1.42. The minimum atomic E-state index is -0.296. The predicted molar refractivity (Wildman–Crippen MR) is 67.8 cm³/mol. The molecule has 1 aliphatic carbocycles. The highest BCUT2D eigenvalue weighted by Gasteiger charge is 2.21. The third kappa shape index (κ3) is 2.17. The van der Waals surface area contributed by atoms with Gasteiger partial charge in [-0.1, -0.05) is 0 Å². The van der Waals surface area contributed by atoms with Crippen LogP contribution >= 0.6 is 11.3 Å². The molecule has 1 N–H and O–H groups in total. The molecule has 1 unspecified atom stereocenters. The number of aryl methyl sites for hydroxylation is 1. The Balaban J connectivity index is 1.81. The van der Waals surface area contributed by atoms with Crippen molar-refractivity contribution in [2.75, 3.05) is 5.32 Å². The van der Waals surface area contributed by atoms with Gasteiger partial charge in [-0.05, 0) is 48.4 Å². The van der Waals surface area contributed by atoms with E-state index in [1.165, 1.54) is 35.5 Å². The van der Waals surface area contributed by atoms with Crippen molar-refractivity contribution in [2.45, 2.75) is 25.3 Å². The maximum Gasteiger partial charge on any atom is 0.141 e. The van der Waals surface area contributed by atoms with Crippen LogP contribution < -0.4 is 5.32 Å². The number of anilines is 1. The van der Waals surface area contributed by atoms with Gasteiger partial charge in [0.15, 0.2) is 0 Å². The lowest BCUT2D eigenvalue weighted by molar-refractivity contribution is 0.603. The lowest BCUT2D eigenvalue weighted by Gasteiger charge is -2.24. The Morgan fingerprint density at radius 3 is 3.12 bits per heavy atom. The molecular weight excluding hydrogens is 235 g/mol. The van der Waals surface area contributed by atoms with E-state index in [0.717, 1.165) is 12.2 Å². The molecular formula is C13H13FN2S. The summed E-state index contributed by atoms with van der Waals surface area (Å²) in [5.74, 6) is 0.450. The quantitative estimate of drug-likeness (QED) is 0.875. The van der Waals surface area contributed by atoms with Crippen LogP contribution in [0.3, 0.4) is 0 Å². The zero-order valence-corrected chi connectivity index (χ0v) is 10.1. The molecule has 4 heteroatoms. The first-order chi connectivity index (χ1) is 8.33. The molecule has 0 saturated heterocycles. The van der Waals surface area contributed by atoms with Crippen molar-refractivity contribution < 1.29 is 4.39 Å². The zero-order chi connectivity index (χ0) is 11.7. The summed E-state index contributed by atoms with van der Waals surface area (Å²) in [6, 6.07) is 5.63. The minimum Gasteiger partial charge on any atom is -0.363 e. The topological polar surface area (TPSA) is 24.9 Å². The van der Waals surface area contributed by atoms with Gasteiger partial charge < -0.3 is 5.32 Å². The van der Waals surface area contributed by atoms with Crippen LogP contribution in [0.2, 0.25) is 0 Å². The minimum absolute atomic E-state index is 0.296. The average Bonchev–Trinajstić information content (AvgIpc) is 2.81. The van der Waals surface area contributed by atoms with E-state index in [1.807, 2.05) is 11.3 Å². The predicted octanol–water partition coefficient (Wildman–Crippen LogP) is 3.77. The fourth-order valence-corrected chi connectivity index (χ4v) is 3.26. The third-order valence-electron chi connectivity index (χ3n) is 3.10. The number of nitrogens with one attached hydrogen (secondary N) is 1. The molecule has 0 aliphatic heterocycles. The Bertz CT molecular complexity index is 506. The van der Waals surface area contributed by atoms with E-state index in [9.17, 15) is 4.39 Å². The molecule has 0 spiro atoms. The maximum atomic E-state index is 12.8. The summed E-state index contributed by atoms with van der Waals surface area (Å²) in [6.07, 6.45) is 4.75. The molecule has 0 bridgehead atoms. The van der Waals surface area contributed by atoms with Crippen molar-refractivity contribution in [3.63, 3.8) is 0 Å². The Kier molecular flexibility index (Phi) is 2.81. The van der Waals surface area contributed by atoms with E-state index in [2.05, 4.69) is 21.7 Å². The molecule has 17 heavy (non-hydrogen) atoms. The smallest absolute Gasteiger partial charge is 0.141 e. The van der Waals surface area contributed by atoms with Gasteiger partial charge in [0.05, 0.1) is 12.2 Å². The molecule has 0 amide bonds. The van der Waals surface area contributed by atoms with E-state index in [1.54, 1.807) is 6.07 Å². The van der Waals surface area contributed by atoms with Crippen molar-refractivity contribution >= 4 is 17.2 Å². The van der Waals surface area contributed by atoms with Gasteiger partial charge in [-0.15, -0.1) is 11.3 Å². The number of thiophene rings is 1. The summed E-state index contributed by atoms with van der Waals surface area (Å²) >= 11 is 1.82. The fourth-order valence-electron chi connectivity index (χ4n) is 2.28. The summed E-state index contributed by atoms with van der Waals surface area (Å²) in [7, 11) is 0. The van der Waals surface area contributed by atoms with Gasteiger partial charge in [-0.3, -0.25) is 0 Å². The van der Waals surface area contributed by atoms with Crippen LogP contribution in [-0.2, 0) is 6.42 Å². The van der Waals surface area contributed by atoms with Gasteiger partial charge in [0.2, 0.25) is 0 Å². The van der Waals surface area contributed by atoms with Gasteiger partial charge in [-0.25, -0.2) is 9.37 Å². The molecule has 0 saturated carbocycles. The Labute approximate surface area is 104 Å². The van der Waals surface area contributed by atoms with Crippen molar-refractivity contribution in [1.29, 1.82) is 0 Å². The van der Waals surface area contributed by atoms with Crippen LogP contribution in [0.15, 0.2) is 29.8 Å². The average molecular weight is 248 g/mol. The third-order valence-corrected chi connectivity index (χ3v) is 4.10. The van der Waals surface area contributed by atoms with Crippen LogP contribution in [0.4, 0.5) is 10.2 Å². The monoisotopic (exact) mass is 248 g/mol. The second-order valence-electron chi connectivity index (χ2n) is 4.25.